The number of carbonyl (C=O) groups is 2. The second-order valence-electron chi connectivity index (χ2n) is 9.29. The molecule has 0 fully saturated rings. The first-order valence-corrected chi connectivity index (χ1v) is 11.7. The molecule has 0 radical (unpaired) electrons. The number of nitrogens with two attached hydrogens (primary N) is 2. The SMILES string of the molecule is Cc1cc(Cl)ccc1C(N)=C(N)C=Nc1ncc(C(=O)NC(C)(C)CNC(=O)OC(C)(C)C)s1. The molecule has 0 aliphatic heterocycles. The van der Waals surface area contributed by atoms with Crippen LogP contribution in [0.4, 0.5) is 9.93 Å². The van der Waals surface area contributed by atoms with Gasteiger partial charge in [-0.25, -0.2) is 14.8 Å². The zero-order valence-corrected chi connectivity index (χ0v) is 21.7. The molecule has 9 nitrogen and oxygen atoms in total. The van der Waals surface area contributed by atoms with Gasteiger partial charge in [0.05, 0.1) is 29.3 Å². The van der Waals surface area contributed by atoms with Crippen LogP contribution in [0.25, 0.3) is 5.70 Å². The van der Waals surface area contributed by atoms with Gasteiger partial charge in [0, 0.05) is 17.1 Å². The molecule has 0 aliphatic carbocycles. The molecule has 0 unspecified atom stereocenters. The highest BCUT2D eigenvalue weighted by Gasteiger charge is 2.25. The quantitative estimate of drug-likeness (QED) is 0.415. The van der Waals surface area contributed by atoms with Gasteiger partial charge < -0.3 is 26.8 Å². The number of nitrogens with zero attached hydrogens (tertiary/aromatic N) is 2. The highest BCUT2D eigenvalue weighted by atomic mass is 35.5. The summed E-state index contributed by atoms with van der Waals surface area (Å²) in [6.45, 7) is 11.0. The summed E-state index contributed by atoms with van der Waals surface area (Å²) in [7, 11) is 0. The molecule has 6 N–H and O–H groups in total. The van der Waals surface area contributed by atoms with Crippen molar-refractivity contribution in [2.75, 3.05) is 6.54 Å². The number of thiazole rings is 1. The van der Waals surface area contributed by atoms with Crippen LogP contribution in [0.15, 0.2) is 35.1 Å². The molecule has 0 atom stereocenters. The van der Waals surface area contributed by atoms with Crippen LogP contribution in [-0.4, -0.2) is 40.9 Å². The molecule has 184 valence electrons. The molecule has 0 saturated carbocycles. The van der Waals surface area contributed by atoms with Crippen molar-refractivity contribution in [2.45, 2.75) is 52.7 Å². The zero-order valence-electron chi connectivity index (χ0n) is 20.2. The van der Waals surface area contributed by atoms with Crippen molar-refractivity contribution in [1.82, 2.24) is 15.6 Å². The van der Waals surface area contributed by atoms with Crippen molar-refractivity contribution in [3.8, 4) is 0 Å². The molecule has 0 spiro atoms. The fourth-order valence-corrected chi connectivity index (χ4v) is 3.61. The maximum Gasteiger partial charge on any atom is 0.407 e. The highest BCUT2D eigenvalue weighted by molar-refractivity contribution is 7.17. The standard InChI is InChI=1S/C23H31ClN6O3S/c1-13-9-14(24)7-8-15(13)18(26)16(25)10-27-20-28-11-17(34-20)19(31)30-23(5,6)12-29-21(32)33-22(2,3)4/h7-11H,12,25-26H2,1-6H3,(H,29,32)(H,30,31). The number of amides is 2. The Kier molecular flexibility index (Phi) is 8.68. The average molecular weight is 507 g/mol. The summed E-state index contributed by atoms with van der Waals surface area (Å²) in [6, 6.07) is 5.32. The number of benzene rings is 1. The summed E-state index contributed by atoms with van der Waals surface area (Å²) in [5.74, 6) is -0.338. The van der Waals surface area contributed by atoms with Crippen molar-refractivity contribution >= 4 is 52.0 Å². The third-order valence-electron chi connectivity index (χ3n) is 4.35. The highest BCUT2D eigenvalue weighted by Crippen LogP contribution is 2.23. The number of aromatic nitrogens is 1. The van der Waals surface area contributed by atoms with Gasteiger partial charge >= 0.3 is 6.09 Å². The Labute approximate surface area is 208 Å². The number of aryl methyl sites for hydroxylation is 1. The van der Waals surface area contributed by atoms with Crippen LogP contribution in [0.3, 0.4) is 0 Å². The second-order valence-corrected chi connectivity index (χ2v) is 10.7. The fraction of sp³-hybridized carbons (Fsp3) is 0.391. The van der Waals surface area contributed by atoms with E-state index in [1.807, 2.05) is 6.92 Å². The minimum atomic E-state index is -0.723. The monoisotopic (exact) mass is 506 g/mol. The predicted octanol–water partition coefficient (Wildman–Crippen LogP) is 4.13. The summed E-state index contributed by atoms with van der Waals surface area (Å²) in [4.78, 5) is 33.3. The van der Waals surface area contributed by atoms with Crippen LogP contribution in [-0.2, 0) is 4.74 Å². The van der Waals surface area contributed by atoms with Crippen molar-refractivity contribution in [3.05, 3.63) is 51.1 Å². The van der Waals surface area contributed by atoms with Crippen molar-refractivity contribution in [3.63, 3.8) is 0 Å². The van der Waals surface area contributed by atoms with E-state index in [9.17, 15) is 9.59 Å². The Hall–Kier alpha value is -3.11. The van der Waals surface area contributed by atoms with Crippen molar-refractivity contribution in [1.29, 1.82) is 0 Å². The molecule has 1 aromatic heterocycles. The zero-order chi connectivity index (χ0) is 25.7. The Morgan fingerprint density at radius 3 is 2.53 bits per heavy atom. The van der Waals surface area contributed by atoms with Crippen molar-refractivity contribution < 1.29 is 14.3 Å². The lowest BCUT2D eigenvalue weighted by Gasteiger charge is -2.27. The van der Waals surface area contributed by atoms with Gasteiger partial charge in [0.1, 0.15) is 10.5 Å². The Morgan fingerprint density at radius 2 is 1.91 bits per heavy atom. The van der Waals surface area contributed by atoms with E-state index in [1.54, 1.807) is 52.8 Å². The molecular weight excluding hydrogens is 476 g/mol. The van der Waals surface area contributed by atoms with Crippen LogP contribution < -0.4 is 22.1 Å². The molecule has 2 amide bonds. The van der Waals surface area contributed by atoms with E-state index >= 15 is 0 Å². The molecule has 1 aromatic carbocycles. The number of rotatable bonds is 7. The molecule has 0 saturated heterocycles. The van der Waals surface area contributed by atoms with E-state index in [0.717, 1.165) is 22.5 Å². The van der Waals surface area contributed by atoms with Gasteiger partial charge in [0.2, 0.25) is 5.13 Å². The number of ether oxygens (including phenoxy) is 1. The van der Waals surface area contributed by atoms with Gasteiger partial charge in [0.15, 0.2) is 0 Å². The summed E-state index contributed by atoms with van der Waals surface area (Å²) in [5.41, 5.74) is 13.2. The number of hydrogen-bond acceptors (Lipinski definition) is 8. The minimum absolute atomic E-state index is 0.183. The summed E-state index contributed by atoms with van der Waals surface area (Å²) >= 11 is 7.09. The number of halogens is 1. The van der Waals surface area contributed by atoms with Gasteiger partial charge in [-0.1, -0.05) is 29.0 Å². The summed E-state index contributed by atoms with van der Waals surface area (Å²) < 4.78 is 5.21. The van der Waals surface area contributed by atoms with E-state index in [1.165, 1.54) is 12.4 Å². The van der Waals surface area contributed by atoms with Gasteiger partial charge in [-0.2, -0.15) is 0 Å². The molecule has 0 bridgehead atoms. The molecule has 2 rings (SSSR count). The topological polar surface area (TPSA) is 145 Å². The van der Waals surface area contributed by atoms with E-state index in [2.05, 4.69) is 20.6 Å². The first-order chi connectivity index (χ1) is 15.7. The molecular formula is C23H31ClN6O3S. The third-order valence-corrected chi connectivity index (χ3v) is 5.49. The minimum Gasteiger partial charge on any atom is -0.444 e. The third kappa shape index (κ3) is 8.35. The predicted molar refractivity (Wildman–Crippen MR) is 138 cm³/mol. The fourth-order valence-electron chi connectivity index (χ4n) is 2.73. The van der Waals surface area contributed by atoms with E-state index < -0.39 is 17.2 Å². The molecule has 0 aliphatic rings. The second kappa shape index (κ2) is 10.9. The van der Waals surface area contributed by atoms with Gasteiger partial charge in [-0.3, -0.25) is 4.79 Å². The first-order valence-electron chi connectivity index (χ1n) is 10.5. The molecule has 2 aromatic rings. The smallest absolute Gasteiger partial charge is 0.407 e. The van der Waals surface area contributed by atoms with E-state index in [4.69, 9.17) is 27.8 Å². The molecule has 1 heterocycles. The summed E-state index contributed by atoms with van der Waals surface area (Å²) in [5, 5.41) is 6.48. The number of alkyl carbamates (subject to hydrolysis) is 1. The summed E-state index contributed by atoms with van der Waals surface area (Å²) in [6.07, 6.45) is 2.28. The largest absolute Gasteiger partial charge is 0.444 e. The number of allylic oxidation sites excluding steroid dienone is 1. The lowest BCUT2D eigenvalue weighted by molar-refractivity contribution is 0.0510. The van der Waals surface area contributed by atoms with E-state index in [-0.39, 0.29) is 18.1 Å². The number of nitrogens with one attached hydrogen (secondary N) is 2. The Morgan fingerprint density at radius 1 is 1.24 bits per heavy atom. The lowest BCUT2D eigenvalue weighted by Crippen LogP contribution is -2.51. The number of aliphatic imine (C=N–C) groups is 1. The van der Waals surface area contributed by atoms with Crippen molar-refractivity contribution in [2.24, 2.45) is 16.5 Å². The maximum absolute atomic E-state index is 12.6. The average Bonchev–Trinajstić information content (AvgIpc) is 3.18. The number of carbonyl (C=O) groups excluding carboxylic acids is 2. The Bertz CT molecular complexity index is 1120. The van der Waals surface area contributed by atoms with Crippen LogP contribution in [0.5, 0.6) is 0 Å². The van der Waals surface area contributed by atoms with Crippen LogP contribution in [0.2, 0.25) is 5.02 Å². The van der Waals surface area contributed by atoms with E-state index in [0.29, 0.717) is 20.7 Å². The first kappa shape index (κ1) is 27.1. The molecule has 34 heavy (non-hydrogen) atoms. The Balaban J connectivity index is 2.01. The van der Waals surface area contributed by atoms with Gasteiger partial charge in [0.25, 0.3) is 5.91 Å². The maximum atomic E-state index is 12.6. The van der Waals surface area contributed by atoms with Gasteiger partial charge in [-0.05, 0) is 59.2 Å². The van der Waals surface area contributed by atoms with Crippen LogP contribution >= 0.6 is 22.9 Å². The molecule has 11 heteroatoms. The van der Waals surface area contributed by atoms with Crippen LogP contribution in [0.1, 0.15) is 55.4 Å². The number of hydrogen-bond donors (Lipinski definition) is 4. The normalized spacial score (nSPS) is 12.9. The van der Waals surface area contributed by atoms with Gasteiger partial charge in [-0.15, -0.1) is 0 Å². The lowest BCUT2D eigenvalue weighted by atomic mass is 10.1. The van der Waals surface area contributed by atoms with Crippen LogP contribution in [0, 0.1) is 6.92 Å².